The van der Waals surface area contributed by atoms with Gasteiger partial charge in [-0.1, -0.05) is 59.3 Å². The third kappa shape index (κ3) is 4.86. The van der Waals surface area contributed by atoms with Crippen molar-refractivity contribution in [2.24, 2.45) is 0 Å². The van der Waals surface area contributed by atoms with E-state index in [1.165, 1.54) is 12.1 Å². The number of hydrogen-bond acceptors (Lipinski definition) is 4. The molecule has 0 heterocycles. The molecule has 0 N–H and O–H groups in total. The van der Waals surface area contributed by atoms with Gasteiger partial charge >= 0.3 is 0 Å². The minimum atomic E-state index is -4.08. The van der Waals surface area contributed by atoms with E-state index >= 15 is 0 Å². The van der Waals surface area contributed by atoms with Crippen molar-refractivity contribution in [1.82, 2.24) is 0 Å². The van der Waals surface area contributed by atoms with E-state index in [-0.39, 0.29) is 10.6 Å². The standard InChI is InChI=1S/C22H20BrNO4S/c1-2-17-15-18(23)13-14-21(17)28-16-22(25)24(19-9-5-3-6-10-19)29(26,27)20-11-7-4-8-12-20/h3-15H,2,16H2,1H3. The Hall–Kier alpha value is -2.64. The molecule has 29 heavy (non-hydrogen) atoms. The van der Waals surface area contributed by atoms with Gasteiger partial charge in [0.15, 0.2) is 6.61 Å². The lowest BCUT2D eigenvalue weighted by Gasteiger charge is -2.23. The number of carbonyl (C=O) groups excluding carboxylic acids is 1. The fraction of sp³-hybridized carbons (Fsp3) is 0.136. The van der Waals surface area contributed by atoms with Gasteiger partial charge < -0.3 is 4.74 Å². The van der Waals surface area contributed by atoms with Gasteiger partial charge in [0, 0.05) is 4.47 Å². The molecule has 3 aromatic rings. The van der Waals surface area contributed by atoms with Crippen LogP contribution in [0.15, 0.2) is 88.2 Å². The predicted molar refractivity (Wildman–Crippen MR) is 117 cm³/mol. The average Bonchev–Trinajstić information content (AvgIpc) is 2.74. The molecule has 0 radical (unpaired) electrons. The monoisotopic (exact) mass is 473 g/mol. The number of aryl methyl sites for hydroxylation is 1. The zero-order valence-electron chi connectivity index (χ0n) is 15.8. The molecule has 0 bridgehead atoms. The van der Waals surface area contributed by atoms with E-state index in [1.807, 2.05) is 19.1 Å². The molecule has 7 heteroatoms. The van der Waals surface area contributed by atoms with E-state index < -0.39 is 22.5 Å². The molecule has 5 nitrogen and oxygen atoms in total. The zero-order chi connectivity index (χ0) is 20.9. The number of rotatable bonds is 7. The Kier molecular flexibility index (Phi) is 6.71. The lowest BCUT2D eigenvalue weighted by atomic mass is 10.1. The molecule has 0 saturated carbocycles. The maximum atomic E-state index is 13.2. The van der Waals surface area contributed by atoms with Gasteiger partial charge in [-0.05, 0) is 54.4 Å². The van der Waals surface area contributed by atoms with Crippen molar-refractivity contribution < 1.29 is 17.9 Å². The Balaban J connectivity index is 1.92. The van der Waals surface area contributed by atoms with Gasteiger partial charge in [0.2, 0.25) is 0 Å². The highest BCUT2D eigenvalue weighted by atomic mass is 79.9. The van der Waals surface area contributed by atoms with Gasteiger partial charge in [-0.25, -0.2) is 8.42 Å². The lowest BCUT2D eigenvalue weighted by molar-refractivity contribution is -0.119. The fourth-order valence-electron chi connectivity index (χ4n) is 2.84. The summed E-state index contributed by atoms with van der Waals surface area (Å²) >= 11 is 3.41. The first-order valence-corrected chi connectivity index (χ1v) is 11.3. The number of anilines is 1. The molecular weight excluding hydrogens is 454 g/mol. The van der Waals surface area contributed by atoms with Crippen molar-refractivity contribution in [1.29, 1.82) is 0 Å². The quantitative estimate of drug-likeness (QED) is 0.493. The van der Waals surface area contributed by atoms with Gasteiger partial charge in [0.25, 0.3) is 15.9 Å². The van der Waals surface area contributed by atoms with E-state index in [2.05, 4.69) is 15.9 Å². The van der Waals surface area contributed by atoms with Crippen molar-refractivity contribution in [2.45, 2.75) is 18.2 Å². The Labute approximate surface area is 179 Å². The Morgan fingerprint density at radius 1 is 0.966 bits per heavy atom. The molecule has 1 amide bonds. The van der Waals surface area contributed by atoms with Crippen LogP contribution in [-0.4, -0.2) is 20.9 Å². The molecular formula is C22H20BrNO4S. The molecule has 0 aromatic heterocycles. The lowest BCUT2D eigenvalue weighted by Crippen LogP contribution is -2.40. The van der Waals surface area contributed by atoms with Crippen molar-refractivity contribution in [3.63, 3.8) is 0 Å². The summed E-state index contributed by atoms with van der Waals surface area (Å²) < 4.78 is 33.8. The maximum absolute atomic E-state index is 13.2. The van der Waals surface area contributed by atoms with Crippen LogP contribution in [0.1, 0.15) is 12.5 Å². The molecule has 0 atom stereocenters. The number of carbonyl (C=O) groups is 1. The summed E-state index contributed by atoms with van der Waals surface area (Å²) in [6.07, 6.45) is 0.716. The van der Waals surface area contributed by atoms with Crippen LogP contribution >= 0.6 is 15.9 Å². The number of benzene rings is 3. The third-order valence-corrected chi connectivity index (χ3v) is 6.51. The minimum absolute atomic E-state index is 0.0371. The highest BCUT2D eigenvalue weighted by Crippen LogP contribution is 2.26. The summed E-state index contributed by atoms with van der Waals surface area (Å²) in [5.41, 5.74) is 1.18. The first kappa shape index (κ1) is 21.1. The van der Waals surface area contributed by atoms with Crippen LogP contribution in [0.25, 0.3) is 0 Å². The van der Waals surface area contributed by atoms with Crippen LogP contribution in [0, 0.1) is 0 Å². The molecule has 150 valence electrons. The van der Waals surface area contributed by atoms with Gasteiger partial charge in [0.05, 0.1) is 10.6 Å². The normalized spacial score (nSPS) is 11.1. The van der Waals surface area contributed by atoms with E-state index in [9.17, 15) is 13.2 Å². The van der Waals surface area contributed by atoms with Crippen molar-refractivity contribution in [2.75, 3.05) is 10.9 Å². The van der Waals surface area contributed by atoms with Gasteiger partial charge in [-0.2, -0.15) is 4.31 Å². The highest BCUT2D eigenvalue weighted by molar-refractivity contribution is 9.10. The zero-order valence-corrected chi connectivity index (χ0v) is 18.2. The van der Waals surface area contributed by atoms with Crippen LogP contribution in [0.2, 0.25) is 0 Å². The largest absolute Gasteiger partial charge is 0.483 e. The molecule has 0 saturated heterocycles. The van der Waals surface area contributed by atoms with Gasteiger partial charge in [0.1, 0.15) is 5.75 Å². The molecule has 0 aliphatic heterocycles. The summed E-state index contributed by atoms with van der Waals surface area (Å²) in [6.45, 7) is 1.57. The SMILES string of the molecule is CCc1cc(Br)ccc1OCC(=O)N(c1ccccc1)S(=O)(=O)c1ccccc1. The van der Waals surface area contributed by atoms with Crippen molar-refractivity contribution in [3.8, 4) is 5.75 Å². The summed E-state index contributed by atoms with van der Waals surface area (Å²) in [5.74, 6) is -0.126. The highest BCUT2D eigenvalue weighted by Gasteiger charge is 2.31. The van der Waals surface area contributed by atoms with E-state index in [0.29, 0.717) is 12.2 Å². The second-order valence-corrected chi connectivity index (χ2v) is 8.91. The van der Waals surface area contributed by atoms with Crippen LogP contribution in [-0.2, 0) is 21.2 Å². The topological polar surface area (TPSA) is 63.7 Å². The smallest absolute Gasteiger partial charge is 0.278 e. The Morgan fingerprint density at radius 2 is 1.59 bits per heavy atom. The number of amides is 1. The second kappa shape index (κ2) is 9.24. The van der Waals surface area contributed by atoms with E-state index in [4.69, 9.17) is 4.74 Å². The number of ether oxygens (including phenoxy) is 1. The van der Waals surface area contributed by atoms with Gasteiger partial charge in [-0.3, -0.25) is 4.79 Å². The molecule has 3 rings (SSSR count). The number of halogens is 1. The average molecular weight is 474 g/mol. The van der Waals surface area contributed by atoms with Crippen LogP contribution in [0.3, 0.4) is 0 Å². The predicted octanol–water partition coefficient (Wildman–Crippen LogP) is 4.81. The molecule has 3 aromatic carbocycles. The second-order valence-electron chi connectivity index (χ2n) is 6.21. The first-order valence-electron chi connectivity index (χ1n) is 9.03. The van der Waals surface area contributed by atoms with Crippen LogP contribution in [0.4, 0.5) is 5.69 Å². The molecule has 0 fully saturated rings. The van der Waals surface area contributed by atoms with Crippen LogP contribution in [0.5, 0.6) is 5.75 Å². The number of sulfonamides is 1. The first-order chi connectivity index (χ1) is 13.9. The number of hydrogen-bond donors (Lipinski definition) is 0. The fourth-order valence-corrected chi connectivity index (χ4v) is 4.68. The molecule has 0 spiro atoms. The van der Waals surface area contributed by atoms with E-state index in [0.717, 1.165) is 14.3 Å². The summed E-state index contributed by atoms with van der Waals surface area (Å²) in [7, 11) is -4.08. The molecule has 0 unspecified atom stereocenters. The minimum Gasteiger partial charge on any atom is -0.483 e. The van der Waals surface area contributed by atoms with Crippen molar-refractivity contribution >= 4 is 37.5 Å². The van der Waals surface area contributed by atoms with Crippen LogP contribution < -0.4 is 9.04 Å². The number of nitrogens with zero attached hydrogens (tertiary/aromatic N) is 1. The van der Waals surface area contributed by atoms with Crippen molar-refractivity contribution in [3.05, 3.63) is 88.9 Å². The van der Waals surface area contributed by atoms with E-state index in [1.54, 1.807) is 54.6 Å². The Bertz CT molecular complexity index is 1090. The number of para-hydroxylation sites is 1. The molecule has 0 aliphatic rings. The summed E-state index contributed by atoms with van der Waals surface area (Å²) in [4.78, 5) is 13.1. The maximum Gasteiger partial charge on any atom is 0.278 e. The summed E-state index contributed by atoms with van der Waals surface area (Å²) in [5, 5.41) is 0. The summed E-state index contributed by atoms with van der Waals surface area (Å²) in [6, 6.07) is 21.6. The third-order valence-electron chi connectivity index (χ3n) is 4.25. The Morgan fingerprint density at radius 3 is 2.21 bits per heavy atom. The van der Waals surface area contributed by atoms with Gasteiger partial charge in [-0.15, -0.1) is 0 Å². The molecule has 0 aliphatic carbocycles.